The molecule has 0 unspecified atom stereocenters. The molecule has 0 spiro atoms. The maximum absolute atomic E-state index is 12.7. The van der Waals surface area contributed by atoms with Crippen molar-refractivity contribution in [2.45, 2.75) is 50.3 Å². The number of hydrogen-bond donors (Lipinski definition) is 0. The number of para-hydroxylation sites is 1. The second kappa shape index (κ2) is 6.60. The standard InChI is InChI=1S/C16H23NO3S/c1-13(21(2,19)20)16(18)17(14-9-5-3-6-10-14)15-11-7-4-8-12-15/h3,5-6,9-10,13,15H,4,7-8,11-12H2,1-2H3/t13-/m0/s1. The lowest BCUT2D eigenvalue weighted by atomic mass is 9.93. The predicted molar refractivity (Wildman–Crippen MR) is 85.1 cm³/mol. The van der Waals surface area contributed by atoms with E-state index in [1.165, 1.54) is 13.3 Å². The molecule has 1 saturated carbocycles. The number of nitrogens with zero attached hydrogens (tertiary/aromatic N) is 1. The minimum atomic E-state index is -3.38. The van der Waals surface area contributed by atoms with Crippen molar-refractivity contribution < 1.29 is 13.2 Å². The van der Waals surface area contributed by atoms with Gasteiger partial charge in [0.15, 0.2) is 9.84 Å². The Hall–Kier alpha value is -1.36. The van der Waals surface area contributed by atoms with Crippen LogP contribution in [0.25, 0.3) is 0 Å². The fraction of sp³-hybridized carbons (Fsp3) is 0.562. The Morgan fingerprint density at radius 2 is 1.71 bits per heavy atom. The highest BCUT2D eigenvalue weighted by atomic mass is 32.2. The molecule has 0 bridgehead atoms. The molecule has 0 radical (unpaired) electrons. The van der Waals surface area contributed by atoms with Crippen LogP contribution < -0.4 is 4.90 Å². The van der Waals surface area contributed by atoms with Gasteiger partial charge >= 0.3 is 0 Å². The van der Waals surface area contributed by atoms with Gasteiger partial charge in [0.05, 0.1) is 0 Å². The first-order valence-electron chi connectivity index (χ1n) is 7.48. The van der Waals surface area contributed by atoms with Gasteiger partial charge in [-0.2, -0.15) is 0 Å². The summed E-state index contributed by atoms with van der Waals surface area (Å²) >= 11 is 0. The van der Waals surface area contributed by atoms with E-state index in [-0.39, 0.29) is 11.9 Å². The van der Waals surface area contributed by atoms with Crippen LogP contribution in [0.2, 0.25) is 0 Å². The maximum Gasteiger partial charge on any atom is 0.245 e. The van der Waals surface area contributed by atoms with Crippen molar-refractivity contribution in [3.63, 3.8) is 0 Å². The molecule has 0 heterocycles. The van der Waals surface area contributed by atoms with Gasteiger partial charge in [0.1, 0.15) is 5.25 Å². The average Bonchev–Trinajstić information content (AvgIpc) is 2.48. The third kappa shape index (κ3) is 3.84. The molecule has 1 aromatic rings. The first kappa shape index (κ1) is 16.0. The number of hydrogen-bond acceptors (Lipinski definition) is 3. The summed E-state index contributed by atoms with van der Waals surface area (Å²) in [6, 6.07) is 9.52. The molecule has 1 atom stereocenters. The molecule has 0 N–H and O–H groups in total. The molecule has 1 aliphatic rings. The zero-order valence-electron chi connectivity index (χ0n) is 12.7. The zero-order chi connectivity index (χ0) is 15.5. The second-order valence-corrected chi connectivity index (χ2v) is 8.17. The molecule has 4 nitrogen and oxygen atoms in total. The van der Waals surface area contributed by atoms with Crippen LogP contribution in [0.1, 0.15) is 39.0 Å². The van der Waals surface area contributed by atoms with E-state index in [9.17, 15) is 13.2 Å². The van der Waals surface area contributed by atoms with Crippen molar-refractivity contribution in [2.24, 2.45) is 0 Å². The number of sulfone groups is 1. The monoisotopic (exact) mass is 309 g/mol. The van der Waals surface area contributed by atoms with Gasteiger partial charge in [-0.3, -0.25) is 4.79 Å². The van der Waals surface area contributed by atoms with Gasteiger partial charge in [-0.1, -0.05) is 37.5 Å². The molecular weight excluding hydrogens is 286 g/mol. The van der Waals surface area contributed by atoms with Crippen molar-refractivity contribution in [1.29, 1.82) is 0 Å². The SMILES string of the molecule is C[C@@H](C(=O)N(c1ccccc1)C1CCCCC1)S(C)(=O)=O. The summed E-state index contributed by atoms with van der Waals surface area (Å²) in [4.78, 5) is 14.4. The molecule has 116 valence electrons. The molecule has 1 fully saturated rings. The van der Waals surface area contributed by atoms with Crippen molar-refractivity contribution in [2.75, 3.05) is 11.2 Å². The minimum absolute atomic E-state index is 0.109. The fourth-order valence-electron chi connectivity index (χ4n) is 2.82. The number of amides is 1. The van der Waals surface area contributed by atoms with Gasteiger partial charge in [0.25, 0.3) is 0 Å². The molecule has 0 aromatic heterocycles. The molecule has 1 amide bonds. The van der Waals surface area contributed by atoms with Gasteiger partial charge in [0, 0.05) is 18.0 Å². The Bertz CT molecular complexity index is 577. The van der Waals surface area contributed by atoms with Crippen molar-refractivity contribution in [1.82, 2.24) is 0 Å². The van der Waals surface area contributed by atoms with E-state index in [4.69, 9.17) is 0 Å². The first-order chi connectivity index (χ1) is 9.91. The van der Waals surface area contributed by atoms with Crippen LogP contribution in [0.3, 0.4) is 0 Å². The van der Waals surface area contributed by atoms with Crippen molar-refractivity contribution in [3.05, 3.63) is 30.3 Å². The van der Waals surface area contributed by atoms with Crippen LogP contribution >= 0.6 is 0 Å². The van der Waals surface area contributed by atoms with Crippen LogP contribution in [0.15, 0.2) is 30.3 Å². The number of rotatable bonds is 4. The smallest absolute Gasteiger partial charge is 0.245 e. The average molecular weight is 309 g/mol. The van der Waals surface area contributed by atoms with E-state index in [0.29, 0.717) is 0 Å². The molecule has 2 rings (SSSR count). The molecule has 0 aliphatic heterocycles. The number of carbonyl (C=O) groups is 1. The highest BCUT2D eigenvalue weighted by molar-refractivity contribution is 7.92. The molecule has 1 aliphatic carbocycles. The van der Waals surface area contributed by atoms with E-state index in [2.05, 4.69) is 0 Å². The zero-order valence-corrected chi connectivity index (χ0v) is 13.5. The first-order valence-corrected chi connectivity index (χ1v) is 9.43. The van der Waals surface area contributed by atoms with Gasteiger partial charge in [0.2, 0.25) is 5.91 Å². The Morgan fingerprint density at radius 1 is 1.14 bits per heavy atom. The van der Waals surface area contributed by atoms with Crippen LogP contribution in [-0.2, 0) is 14.6 Å². The summed E-state index contributed by atoms with van der Waals surface area (Å²) in [6.45, 7) is 1.48. The Kier molecular flexibility index (Phi) is 5.04. The van der Waals surface area contributed by atoms with E-state index < -0.39 is 15.1 Å². The lowest BCUT2D eigenvalue weighted by Crippen LogP contribution is -2.48. The molecular formula is C16H23NO3S. The van der Waals surface area contributed by atoms with Crippen molar-refractivity contribution in [3.8, 4) is 0 Å². The normalized spacial score (nSPS) is 18.2. The van der Waals surface area contributed by atoms with Gasteiger partial charge in [-0.15, -0.1) is 0 Å². The Labute approximate surface area is 127 Å². The summed E-state index contributed by atoms with van der Waals surface area (Å²) < 4.78 is 23.5. The Balaban J connectivity index is 2.34. The van der Waals surface area contributed by atoms with E-state index in [0.717, 1.165) is 37.6 Å². The number of carbonyl (C=O) groups excluding carboxylic acids is 1. The summed E-state index contributed by atoms with van der Waals surface area (Å²) in [5.74, 6) is -0.310. The highest BCUT2D eigenvalue weighted by Gasteiger charge is 2.33. The number of anilines is 1. The maximum atomic E-state index is 12.7. The van der Waals surface area contributed by atoms with Crippen LogP contribution in [0, 0.1) is 0 Å². The molecule has 21 heavy (non-hydrogen) atoms. The summed E-state index contributed by atoms with van der Waals surface area (Å²) in [5, 5.41) is -1.00. The largest absolute Gasteiger partial charge is 0.308 e. The lowest BCUT2D eigenvalue weighted by Gasteiger charge is -2.35. The predicted octanol–water partition coefficient (Wildman–Crippen LogP) is 2.79. The van der Waals surface area contributed by atoms with Gasteiger partial charge in [-0.05, 0) is 31.9 Å². The van der Waals surface area contributed by atoms with Gasteiger partial charge < -0.3 is 4.90 Å². The van der Waals surface area contributed by atoms with E-state index >= 15 is 0 Å². The molecule has 1 aromatic carbocycles. The number of benzene rings is 1. The summed E-state index contributed by atoms with van der Waals surface area (Å²) in [5.41, 5.74) is 0.796. The van der Waals surface area contributed by atoms with Gasteiger partial charge in [-0.25, -0.2) is 8.42 Å². The Morgan fingerprint density at radius 3 is 2.24 bits per heavy atom. The van der Waals surface area contributed by atoms with Crippen LogP contribution in [0.4, 0.5) is 5.69 Å². The third-order valence-corrected chi connectivity index (χ3v) is 5.69. The summed E-state index contributed by atoms with van der Waals surface area (Å²) in [7, 11) is -3.38. The van der Waals surface area contributed by atoms with Crippen molar-refractivity contribution >= 4 is 21.4 Å². The molecule has 5 heteroatoms. The third-order valence-electron chi connectivity index (χ3n) is 4.20. The second-order valence-electron chi connectivity index (χ2n) is 5.81. The van der Waals surface area contributed by atoms with E-state index in [1.54, 1.807) is 4.90 Å². The quantitative estimate of drug-likeness (QED) is 0.859. The highest BCUT2D eigenvalue weighted by Crippen LogP contribution is 2.28. The fourth-order valence-corrected chi connectivity index (χ4v) is 3.30. The topological polar surface area (TPSA) is 54.5 Å². The van der Waals surface area contributed by atoms with E-state index in [1.807, 2.05) is 30.3 Å². The minimum Gasteiger partial charge on any atom is -0.308 e. The lowest BCUT2D eigenvalue weighted by molar-refractivity contribution is -0.118. The summed E-state index contributed by atoms with van der Waals surface area (Å²) in [6.07, 6.45) is 6.38. The molecule has 0 saturated heterocycles. The van der Waals surface area contributed by atoms with Crippen LogP contribution in [0.5, 0.6) is 0 Å². The van der Waals surface area contributed by atoms with Crippen LogP contribution in [-0.4, -0.2) is 31.9 Å².